The van der Waals surface area contributed by atoms with Gasteiger partial charge in [-0.15, -0.1) is 3.89 Å². The molecule has 3 atom stereocenters. The molecule has 1 aromatic heterocycles. The number of fused-ring (bicyclic) bond motifs is 1. The molecule has 2 N–H and O–H groups in total. The number of carbonyl (C=O) groups excluding carboxylic acids is 2. The van der Waals surface area contributed by atoms with E-state index in [0.717, 1.165) is 25.1 Å². The molecule has 3 aliphatic rings. The standard InChI is InChI=1S/C26H35F2N5O5S/c1-6-33(24(35)38-25(2,3)4)20-13-16(27)12-19-22(20)31-23(34)26(19,5)32-11-7-8-17(15-32)30-21-10-9-18(14-29-21)39(28,36)37/h9-10,13-14,17,19H,6-8,11-12,15H2,1-5H3,(H,29,30)(H,31,34)/t17-,19?,26?/m1/s1. The van der Waals surface area contributed by atoms with Gasteiger partial charge in [0.25, 0.3) is 0 Å². The molecule has 0 aromatic carbocycles. The van der Waals surface area contributed by atoms with Crippen LogP contribution < -0.4 is 10.6 Å². The molecule has 2 saturated heterocycles. The van der Waals surface area contributed by atoms with Crippen LogP contribution in [0.5, 0.6) is 0 Å². The summed E-state index contributed by atoms with van der Waals surface area (Å²) in [6, 6.07) is 2.38. The predicted octanol–water partition coefficient (Wildman–Crippen LogP) is 3.85. The number of aromatic nitrogens is 1. The number of allylic oxidation sites excluding steroid dienone is 2. The van der Waals surface area contributed by atoms with E-state index in [0.29, 0.717) is 24.6 Å². The molecule has 1 aromatic rings. The number of nitrogens with one attached hydrogen (secondary N) is 2. The summed E-state index contributed by atoms with van der Waals surface area (Å²) in [6.07, 6.45) is 3.13. The van der Waals surface area contributed by atoms with Gasteiger partial charge in [0, 0.05) is 37.2 Å². The molecule has 39 heavy (non-hydrogen) atoms. The summed E-state index contributed by atoms with van der Waals surface area (Å²) in [5.74, 6) is -0.880. The fourth-order valence-electron chi connectivity index (χ4n) is 5.44. The van der Waals surface area contributed by atoms with Gasteiger partial charge in [-0.3, -0.25) is 14.6 Å². The molecular weight excluding hydrogens is 532 g/mol. The molecule has 2 amide bonds. The zero-order valence-electron chi connectivity index (χ0n) is 22.8. The molecular formula is C26H35F2N5O5S. The van der Waals surface area contributed by atoms with Crippen molar-refractivity contribution in [3.63, 3.8) is 0 Å². The Labute approximate surface area is 227 Å². The highest BCUT2D eigenvalue weighted by Crippen LogP contribution is 2.45. The third kappa shape index (κ3) is 5.93. The zero-order chi connectivity index (χ0) is 28.8. The van der Waals surface area contributed by atoms with Crippen molar-refractivity contribution in [1.29, 1.82) is 0 Å². The maximum atomic E-state index is 15.1. The van der Waals surface area contributed by atoms with Crippen molar-refractivity contribution < 1.29 is 31.0 Å². The smallest absolute Gasteiger partial charge is 0.414 e. The minimum Gasteiger partial charge on any atom is -0.443 e. The first-order chi connectivity index (χ1) is 18.1. The lowest BCUT2D eigenvalue weighted by atomic mass is 9.78. The number of amides is 2. The van der Waals surface area contributed by atoms with E-state index >= 15 is 4.39 Å². The second-order valence-electron chi connectivity index (χ2n) is 11.2. The van der Waals surface area contributed by atoms with E-state index in [1.165, 1.54) is 17.0 Å². The van der Waals surface area contributed by atoms with Gasteiger partial charge < -0.3 is 15.4 Å². The van der Waals surface area contributed by atoms with Crippen LogP contribution in [0.4, 0.5) is 18.9 Å². The van der Waals surface area contributed by atoms with Crippen molar-refractivity contribution in [3.8, 4) is 0 Å². The minimum atomic E-state index is -4.84. The molecule has 0 saturated carbocycles. The minimum absolute atomic E-state index is 0.00919. The van der Waals surface area contributed by atoms with Gasteiger partial charge in [-0.25, -0.2) is 14.2 Å². The Morgan fingerprint density at radius 3 is 2.67 bits per heavy atom. The summed E-state index contributed by atoms with van der Waals surface area (Å²) in [6.45, 7) is 10.1. The van der Waals surface area contributed by atoms with Crippen LogP contribution in [0.15, 0.2) is 46.5 Å². The van der Waals surface area contributed by atoms with Crippen LogP contribution in [0.3, 0.4) is 0 Å². The van der Waals surface area contributed by atoms with Crippen molar-refractivity contribution in [1.82, 2.24) is 20.1 Å². The molecule has 0 radical (unpaired) electrons. The second kappa shape index (κ2) is 10.5. The van der Waals surface area contributed by atoms with E-state index in [-0.39, 0.29) is 30.6 Å². The first kappa shape index (κ1) is 28.9. The number of anilines is 1. The number of likely N-dealkylation sites (N-methyl/N-ethyl adjacent to an activating group) is 1. The largest absolute Gasteiger partial charge is 0.443 e. The van der Waals surface area contributed by atoms with Gasteiger partial charge in [0.2, 0.25) is 5.91 Å². The predicted molar refractivity (Wildman–Crippen MR) is 140 cm³/mol. The first-order valence-corrected chi connectivity index (χ1v) is 14.4. The summed E-state index contributed by atoms with van der Waals surface area (Å²) in [4.78, 5) is 33.3. The van der Waals surface area contributed by atoms with Crippen LogP contribution in [0, 0.1) is 5.92 Å². The second-order valence-corrected chi connectivity index (χ2v) is 12.6. The Morgan fingerprint density at radius 1 is 1.36 bits per heavy atom. The highest BCUT2D eigenvalue weighted by Gasteiger charge is 2.56. The number of ether oxygens (including phenoxy) is 1. The van der Waals surface area contributed by atoms with Crippen LogP contribution in [-0.2, 0) is 19.8 Å². The maximum absolute atomic E-state index is 15.1. The van der Waals surface area contributed by atoms with E-state index in [4.69, 9.17) is 4.74 Å². The highest BCUT2D eigenvalue weighted by molar-refractivity contribution is 7.86. The number of rotatable bonds is 6. The molecule has 0 bridgehead atoms. The monoisotopic (exact) mass is 567 g/mol. The molecule has 1 aliphatic carbocycles. The molecule has 3 heterocycles. The Bertz CT molecular complexity index is 1310. The van der Waals surface area contributed by atoms with Crippen LogP contribution in [0.2, 0.25) is 0 Å². The number of pyridine rings is 1. The lowest BCUT2D eigenvalue weighted by Gasteiger charge is -2.45. The van der Waals surface area contributed by atoms with Gasteiger partial charge in [0.1, 0.15) is 27.7 Å². The van der Waals surface area contributed by atoms with Crippen molar-refractivity contribution in [3.05, 3.63) is 41.6 Å². The van der Waals surface area contributed by atoms with Crippen molar-refractivity contribution in [2.24, 2.45) is 5.92 Å². The Balaban J connectivity index is 1.58. The average Bonchev–Trinajstić information content (AvgIpc) is 3.09. The lowest BCUT2D eigenvalue weighted by molar-refractivity contribution is -0.131. The Kier molecular flexibility index (Phi) is 7.78. The average molecular weight is 568 g/mol. The molecule has 4 rings (SSSR count). The Morgan fingerprint density at radius 2 is 2.08 bits per heavy atom. The van der Waals surface area contributed by atoms with Crippen molar-refractivity contribution >= 4 is 28.0 Å². The number of carbonyl (C=O) groups is 2. The topological polar surface area (TPSA) is 121 Å². The number of likely N-dealkylation sites (tertiary alicyclic amines) is 1. The van der Waals surface area contributed by atoms with E-state index in [2.05, 4.69) is 15.6 Å². The zero-order valence-corrected chi connectivity index (χ0v) is 23.6. The molecule has 2 aliphatic heterocycles. The van der Waals surface area contributed by atoms with Gasteiger partial charge in [-0.05, 0) is 72.2 Å². The normalized spacial score (nSPS) is 26.0. The molecule has 2 unspecified atom stereocenters. The van der Waals surface area contributed by atoms with E-state index < -0.39 is 44.1 Å². The maximum Gasteiger partial charge on any atom is 0.414 e. The fourth-order valence-corrected chi connectivity index (χ4v) is 5.85. The summed E-state index contributed by atoms with van der Waals surface area (Å²) in [5, 5.41) is 6.17. The first-order valence-electron chi connectivity index (χ1n) is 13.0. The quantitative estimate of drug-likeness (QED) is 0.498. The van der Waals surface area contributed by atoms with Crippen LogP contribution in [-0.4, -0.2) is 72.0 Å². The van der Waals surface area contributed by atoms with Crippen LogP contribution >= 0.6 is 0 Å². The van der Waals surface area contributed by atoms with Gasteiger partial charge >= 0.3 is 16.3 Å². The molecule has 0 spiro atoms. The fraction of sp³-hybridized carbons (Fsp3) is 0.577. The van der Waals surface area contributed by atoms with Crippen LogP contribution in [0.25, 0.3) is 0 Å². The summed E-state index contributed by atoms with van der Waals surface area (Å²) >= 11 is 0. The number of piperidine rings is 1. The molecule has 10 nitrogen and oxygen atoms in total. The van der Waals surface area contributed by atoms with Crippen molar-refractivity contribution in [2.45, 2.75) is 76.0 Å². The summed E-state index contributed by atoms with van der Waals surface area (Å²) in [7, 11) is -4.84. The molecule has 214 valence electrons. The van der Waals surface area contributed by atoms with Crippen molar-refractivity contribution in [2.75, 3.05) is 25.0 Å². The number of hydrogen-bond donors (Lipinski definition) is 2. The Hall–Kier alpha value is -3.06. The number of hydrogen-bond acceptors (Lipinski definition) is 8. The summed E-state index contributed by atoms with van der Waals surface area (Å²) < 4.78 is 56.0. The number of nitrogens with zero attached hydrogens (tertiary/aromatic N) is 3. The molecule has 13 heteroatoms. The van der Waals surface area contributed by atoms with E-state index in [9.17, 15) is 21.9 Å². The van der Waals surface area contributed by atoms with Gasteiger partial charge in [-0.2, -0.15) is 8.42 Å². The summed E-state index contributed by atoms with van der Waals surface area (Å²) in [5.41, 5.74) is -1.04. The van der Waals surface area contributed by atoms with Crippen LogP contribution in [0.1, 0.15) is 53.9 Å². The van der Waals surface area contributed by atoms with Gasteiger partial charge in [0.05, 0.1) is 11.9 Å². The lowest BCUT2D eigenvalue weighted by Crippen LogP contribution is -2.60. The van der Waals surface area contributed by atoms with E-state index in [1.54, 1.807) is 34.6 Å². The van der Waals surface area contributed by atoms with E-state index in [1.807, 2.05) is 4.90 Å². The highest BCUT2D eigenvalue weighted by atomic mass is 32.3. The molecule has 2 fully saturated rings. The third-order valence-corrected chi connectivity index (χ3v) is 8.18. The SMILES string of the molecule is CCN(C(=O)OC(C)(C)C)C1=C2NC(=O)C(C)(N3CCC[C@@H](Nc4ccc(S(=O)(=O)F)cn4)C3)C2CC(F)=C1. The number of halogens is 2. The third-order valence-electron chi connectivity index (χ3n) is 7.37. The van der Waals surface area contributed by atoms with Gasteiger partial charge in [0.15, 0.2) is 0 Å². The van der Waals surface area contributed by atoms with Gasteiger partial charge in [-0.1, -0.05) is 0 Å².